The van der Waals surface area contributed by atoms with E-state index in [0.29, 0.717) is 5.41 Å². The third-order valence-corrected chi connectivity index (χ3v) is 4.41. The molecule has 0 aliphatic carbocycles. The first-order chi connectivity index (χ1) is 8.36. The maximum absolute atomic E-state index is 3.52. The summed E-state index contributed by atoms with van der Waals surface area (Å²) in [6, 6.07) is 10.9. The van der Waals surface area contributed by atoms with Gasteiger partial charge in [-0.05, 0) is 43.3 Å². The maximum Gasteiger partial charge on any atom is 0.00512 e. The van der Waals surface area contributed by atoms with Crippen LogP contribution < -0.4 is 5.32 Å². The molecule has 1 atom stereocenters. The van der Waals surface area contributed by atoms with Crippen LogP contribution in [0, 0.1) is 5.41 Å². The Morgan fingerprint density at radius 1 is 1.18 bits per heavy atom. The molecule has 92 valence electrons. The van der Waals surface area contributed by atoms with Crippen LogP contribution in [0.5, 0.6) is 0 Å². The zero-order chi connectivity index (χ0) is 11.6. The molecule has 1 aromatic rings. The first-order valence-electron chi connectivity index (χ1n) is 6.83. The highest BCUT2D eigenvalue weighted by molar-refractivity contribution is 5.15. The second kappa shape index (κ2) is 4.79. The maximum atomic E-state index is 3.52. The Balaban J connectivity index is 1.51. The summed E-state index contributed by atoms with van der Waals surface area (Å²) in [7, 11) is 0. The van der Waals surface area contributed by atoms with Crippen LogP contribution in [0.25, 0.3) is 0 Å². The van der Waals surface area contributed by atoms with Crippen LogP contribution in [-0.2, 0) is 6.42 Å². The summed E-state index contributed by atoms with van der Waals surface area (Å²) < 4.78 is 0. The van der Waals surface area contributed by atoms with Gasteiger partial charge in [0.05, 0.1) is 0 Å². The molecule has 1 aromatic carbocycles. The molecule has 2 heterocycles. The lowest BCUT2D eigenvalue weighted by atomic mass is 9.87. The highest BCUT2D eigenvalue weighted by Crippen LogP contribution is 2.35. The lowest BCUT2D eigenvalue weighted by molar-refractivity contribution is 0.277. The minimum atomic E-state index is 0.622. The molecule has 3 rings (SSSR count). The van der Waals surface area contributed by atoms with Crippen LogP contribution >= 0.6 is 0 Å². The van der Waals surface area contributed by atoms with Crippen molar-refractivity contribution in [2.24, 2.45) is 5.41 Å². The number of benzene rings is 1. The predicted octanol–water partition coefficient (Wildman–Crippen LogP) is 1.91. The van der Waals surface area contributed by atoms with E-state index in [9.17, 15) is 0 Å². The lowest BCUT2D eigenvalue weighted by Gasteiger charge is -2.22. The quantitative estimate of drug-likeness (QED) is 0.853. The van der Waals surface area contributed by atoms with Crippen molar-refractivity contribution >= 4 is 0 Å². The molecule has 0 amide bonds. The Morgan fingerprint density at radius 3 is 2.82 bits per heavy atom. The molecule has 2 saturated heterocycles. The van der Waals surface area contributed by atoms with Crippen molar-refractivity contribution in [2.45, 2.75) is 19.3 Å². The Hall–Kier alpha value is -0.860. The van der Waals surface area contributed by atoms with Gasteiger partial charge < -0.3 is 10.2 Å². The van der Waals surface area contributed by atoms with E-state index < -0.39 is 0 Å². The molecule has 2 aliphatic rings. The highest BCUT2D eigenvalue weighted by atomic mass is 15.2. The van der Waals surface area contributed by atoms with Crippen molar-refractivity contribution in [3.05, 3.63) is 35.9 Å². The number of hydrogen-bond acceptors (Lipinski definition) is 2. The summed E-state index contributed by atoms with van der Waals surface area (Å²) in [4.78, 5) is 2.65. The largest absolute Gasteiger partial charge is 0.316 e. The average molecular weight is 230 g/mol. The van der Waals surface area contributed by atoms with Crippen molar-refractivity contribution < 1.29 is 0 Å². The van der Waals surface area contributed by atoms with Crippen LogP contribution in [0.4, 0.5) is 0 Å². The summed E-state index contributed by atoms with van der Waals surface area (Å²) in [6.07, 6.45) is 3.98. The van der Waals surface area contributed by atoms with E-state index in [1.54, 1.807) is 0 Å². The van der Waals surface area contributed by atoms with Gasteiger partial charge >= 0.3 is 0 Å². The Labute approximate surface area is 104 Å². The molecule has 0 saturated carbocycles. The van der Waals surface area contributed by atoms with E-state index in [-0.39, 0.29) is 0 Å². The van der Waals surface area contributed by atoms with Gasteiger partial charge in [-0.25, -0.2) is 0 Å². The van der Waals surface area contributed by atoms with Crippen LogP contribution in [-0.4, -0.2) is 37.6 Å². The third kappa shape index (κ3) is 2.53. The van der Waals surface area contributed by atoms with Crippen LogP contribution in [0.1, 0.15) is 18.4 Å². The molecule has 1 spiro atoms. The molecule has 2 aliphatic heterocycles. The molecular formula is C15H22N2. The van der Waals surface area contributed by atoms with E-state index >= 15 is 0 Å². The fourth-order valence-corrected chi connectivity index (χ4v) is 3.29. The molecule has 2 heteroatoms. The van der Waals surface area contributed by atoms with Crippen molar-refractivity contribution in [1.82, 2.24) is 10.2 Å². The smallest absolute Gasteiger partial charge is 0.00512 e. The molecule has 0 aromatic heterocycles. The number of rotatable bonds is 3. The van der Waals surface area contributed by atoms with E-state index in [4.69, 9.17) is 0 Å². The predicted molar refractivity (Wildman–Crippen MR) is 71.1 cm³/mol. The Kier molecular flexibility index (Phi) is 3.17. The molecule has 2 nitrogen and oxygen atoms in total. The summed E-state index contributed by atoms with van der Waals surface area (Å²) in [6.45, 7) is 6.31. The van der Waals surface area contributed by atoms with Gasteiger partial charge in [0.25, 0.3) is 0 Å². The molecule has 2 fully saturated rings. The van der Waals surface area contributed by atoms with Gasteiger partial charge in [-0.15, -0.1) is 0 Å². The number of nitrogens with one attached hydrogen (secondary N) is 1. The van der Waals surface area contributed by atoms with E-state index in [1.165, 1.54) is 57.5 Å². The average Bonchev–Trinajstić information content (AvgIpc) is 2.99. The Bertz CT molecular complexity index is 354. The SMILES string of the molecule is c1ccc(CCN2CCC3(CCNC3)C2)cc1. The monoisotopic (exact) mass is 230 g/mol. The highest BCUT2D eigenvalue weighted by Gasteiger charge is 2.39. The number of nitrogens with zero attached hydrogens (tertiary/aromatic N) is 1. The van der Waals surface area contributed by atoms with Gasteiger partial charge in [0.15, 0.2) is 0 Å². The molecule has 17 heavy (non-hydrogen) atoms. The van der Waals surface area contributed by atoms with Crippen LogP contribution in [0.3, 0.4) is 0 Å². The fraction of sp³-hybridized carbons (Fsp3) is 0.600. The molecule has 0 bridgehead atoms. The summed E-state index contributed by atoms with van der Waals surface area (Å²) >= 11 is 0. The van der Waals surface area contributed by atoms with Crippen LogP contribution in [0.2, 0.25) is 0 Å². The lowest BCUT2D eigenvalue weighted by Crippen LogP contribution is -2.30. The van der Waals surface area contributed by atoms with E-state index in [0.717, 1.165) is 0 Å². The van der Waals surface area contributed by atoms with Gasteiger partial charge in [0.1, 0.15) is 0 Å². The molecular weight excluding hydrogens is 208 g/mol. The fourth-order valence-electron chi connectivity index (χ4n) is 3.29. The molecule has 1 N–H and O–H groups in total. The van der Waals surface area contributed by atoms with Crippen molar-refractivity contribution in [2.75, 3.05) is 32.7 Å². The minimum Gasteiger partial charge on any atom is -0.316 e. The number of likely N-dealkylation sites (tertiary alicyclic amines) is 1. The molecule has 0 radical (unpaired) electrons. The van der Waals surface area contributed by atoms with Gasteiger partial charge in [-0.2, -0.15) is 0 Å². The van der Waals surface area contributed by atoms with Crippen molar-refractivity contribution in [3.8, 4) is 0 Å². The standard InChI is InChI=1S/C15H22N2/c1-2-4-14(5-3-1)6-10-17-11-8-15(13-17)7-9-16-12-15/h1-5,16H,6-13H2. The van der Waals surface area contributed by atoms with Gasteiger partial charge in [0.2, 0.25) is 0 Å². The third-order valence-electron chi connectivity index (χ3n) is 4.41. The Morgan fingerprint density at radius 2 is 2.06 bits per heavy atom. The van der Waals surface area contributed by atoms with Gasteiger partial charge in [-0.1, -0.05) is 30.3 Å². The first-order valence-corrected chi connectivity index (χ1v) is 6.83. The summed E-state index contributed by atoms with van der Waals surface area (Å²) in [5.41, 5.74) is 2.09. The summed E-state index contributed by atoms with van der Waals surface area (Å²) in [5.74, 6) is 0. The van der Waals surface area contributed by atoms with Gasteiger partial charge in [-0.3, -0.25) is 0 Å². The summed E-state index contributed by atoms with van der Waals surface area (Å²) in [5, 5.41) is 3.52. The second-order valence-electron chi connectivity index (χ2n) is 5.69. The minimum absolute atomic E-state index is 0.622. The zero-order valence-corrected chi connectivity index (χ0v) is 10.5. The van der Waals surface area contributed by atoms with Gasteiger partial charge in [0, 0.05) is 19.6 Å². The molecule has 1 unspecified atom stereocenters. The van der Waals surface area contributed by atoms with E-state index in [1.807, 2.05) is 0 Å². The second-order valence-corrected chi connectivity index (χ2v) is 5.69. The first kappa shape index (κ1) is 11.2. The van der Waals surface area contributed by atoms with Crippen molar-refractivity contribution in [1.29, 1.82) is 0 Å². The zero-order valence-electron chi connectivity index (χ0n) is 10.5. The number of hydrogen-bond donors (Lipinski definition) is 1. The van der Waals surface area contributed by atoms with E-state index in [2.05, 4.69) is 40.5 Å². The van der Waals surface area contributed by atoms with Crippen molar-refractivity contribution in [3.63, 3.8) is 0 Å². The topological polar surface area (TPSA) is 15.3 Å². The van der Waals surface area contributed by atoms with Crippen LogP contribution in [0.15, 0.2) is 30.3 Å². The normalized spacial score (nSPS) is 29.2.